The van der Waals surface area contributed by atoms with Gasteiger partial charge < -0.3 is 15.2 Å². The van der Waals surface area contributed by atoms with Crippen molar-refractivity contribution in [2.45, 2.75) is 6.92 Å². The second kappa shape index (κ2) is 6.07. The van der Waals surface area contributed by atoms with Crippen LogP contribution in [-0.4, -0.2) is 34.8 Å². The van der Waals surface area contributed by atoms with Crippen molar-refractivity contribution in [3.8, 4) is 17.0 Å². The lowest BCUT2D eigenvalue weighted by Crippen LogP contribution is -2.10. The number of fused-ring (bicyclic) bond motifs is 1. The number of hydrogen-bond donors (Lipinski definition) is 2. The van der Waals surface area contributed by atoms with Crippen molar-refractivity contribution in [1.82, 2.24) is 9.38 Å². The fraction of sp³-hybridized carbons (Fsp3) is 0.235. The number of pyridine rings is 1. The first-order chi connectivity index (χ1) is 10.7. The zero-order chi connectivity index (χ0) is 15.5. The van der Waals surface area contributed by atoms with Gasteiger partial charge in [0, 0.05) is 25.4 Å². The summed E-state index contributed by atoms with van der Waals surface area (Å²) in [5, 5.41) is 12.8. The van der Waals surface area contributed by atoms with Gasteiger partial charge in [-0.3, -0.25) is 4.40 Å². The lowest BCUT2D eigenvalue weighted by molar-refractivity contribution is 0.210. The highest BCUT2D eigenvalue weighted by Crippen LogP contribution is 2.30. The molecule has 5 nitrogen and oxygen atoms in total. The minimum Gasteiger partial charge on any atom is -0.508 e. The summed E-state index contributed by atoms with van der Waals surface area (Å²) in [6.45, 7) is 3.37. The predicted molar refractivity (Wildman–Crippen MR) is 87.4 cm³/mol. The van der Waals surface area contributed by atoms with E-state index in [1.807, 2.05) is 35.7 Å². The molecule has 1 aromatic carbocycles. The molecule has 0 radical (unpaired) electrons. The molecule has 114 valence electrons. The first-order valence-corrected chi connectivity index (χ1v) is 7.20. The summed E-state index contributed by atoms with van der Waals surface area (Å²) < 4.78 is 7.14. The molecule has 2 N–H and O–H groups in total. The van der Waals surface area contributed by atoms with Crippen LogP contribution in [0.25, 0.3) is 16.9 Å². The molecule has 0 saturated carbocycles. The maximum atomic E-state index is 9.46. The van der Waals surface area contributed by atoms with Gasteiger partial charge in [0.25, 0.3) is 0 Å². The number of imidazole rings is 1. The SMILES string of the molecule is COCCNc1c(-c2ccc(O)cc2)nc2cc(C)ccn12. The molecule has 2 aromatic heterocycles. The number of methoxy groups -OCH3 is 1. The molecule has 3 aromatic rings. The minimum atomic E-state index is 0.247. The van der Waals surface area contributed by atoms with E-state index in [1.165, 1.54) is 0 Å². The number of aryl methyl sites for hydroxylation is 1. The van der Waals surface area contributed by atoms with Crippen LogP contribution in [0.4, 0.5) is 5.82 Å². The molecule has 2 heterocycles. The van der Waals surface area contributed by atoms with Gasteiger partial charge in [-0.1, -0.05) is 0 Å². The predicted octanol–water partition coefficient (Wildman–Crippen LogP) is 3.07. The summed E-state index contributed by atoms with van der Waals surface area (Å²) in [6, 6.07) is 11.2. The van der Waals surface area contributed by atoms with Gasteiger partial charge in [0.05, 0.1) is 6.61 Å². The highest BCUT2D eigenvalue weighted by molar-refractivity contribution is 5.77. The fourth-order valence-corrected chi connectivity index (χ4v) is 2.41. The lowest BCUT2D eigenvalue weighted by atomic mass is 10.1. The average Bonchev–Trinajstić information content (AvgIpc) is 2.86. The van der Waals surface area contributed by atoms with Crippen molar-refractivity contribution in [1.29, 1.82) is 0 Å². The van der Waals surface area contributed by atoms with Crippen LogP contribution in [0.3, 0.4) is 0 Å². The number of nitrogens with zero attached hydrogens (tertiary/aromatic N) is 2. The van der Waals surface area contributed by atoms with Crippen molar-refractivity contribution in [3.05, 3.63) is 48.2 Å². The number of hydrogen-bond acceptors (Lipinski definition) is 4. The lowest BCUT2D eigenvalue weighted by Gasteiger charge is -2.08. The first kappa shape index (κ1) is 14.4. The third-order valence-electron chi connectivity index (χ3n) is 3.52. The number of anilines is 1. The molecular formula is C17H19N3O2. The van der Waals surface area contributed by atoms with E-state index in [4.69, 9.17) is 9.72 Å². The molecule has 0 bridgehead atoms. The van der Waals surface area contributed by atoms with Gasteiger partial charge in [-0.2, -0.15) is 0 Å². The summed E-state index contributed by atoms with van der Waals surface area (Å²) in [5.41, 5.74) is 3.88. The Morgan fingerprint density at radius 2 is 2.00 bits per heavy atom. The maximum Gasteiger partial charge on any atom is 0.139 e. The van der Waals surface area contributed by atoms with Crippen molar-refractivity contribution in [2.24, 2.45) is 0 Å². The summed E-state index contributed by atoms with van der Waals surface area (Å²) in [6.07, 6.45) is 2.01. The quantitative estimate of drug-likeness (QED) is 0.711. The van der Waals surface area contributed by atoms with E-state index in [0.717, 1.165) is 28.3 Å². The summed E-state index contributed by atoms with van der Waals surface area (Å²) in [4.78, 5) is 4.73. The molecule has 0 aliphatic rings. The number of rotatable bonds is 5. The average molecular weight is 297 g/mol. The van der Waals surface area contributed by atoms with Crippen LogP contribution < -0.4 is 5.32 Å². The van der Waals surface area contributed by atoms with Crippen LogP contribution in [-0.2, 0) is 4.74 Å². The Labute approximate surface area is 129 Å². The Morgan fingerprint density at radius 3 is 2.73 bits per heavy atom. The summed E-state index contributed by atoms with van der Waals surface area (Å²) in [7, 11) is 1.68. The van der Waals surface area contributed by atoms with Gasteiger partial charge in [0.2, 0.25) is 0 Å². The first-order valence-electron chi connectivity index (χ1n) is 7.20. The molecule has 0 atom stereocenters. The van der Waals surface area contributed by atoms with Gasteiger partial charge in [-0.25, -0.2) is 4.98 Å². The zero-order valence-corrected chi connectivity index (χ0v) is 12.7. The highest BCUT2D eigenvalue weighted by Gasteiger charge is 2.13. The summed E-state index contributed by atoms with van der Waals surface area (Å²) in [5.74, 6) is 1.18. The molecule has 0 unspecified atom stereocenters. The standard InChI is InChI=1S/C17H19N3O2/c1-12-7-9-20-15(11-12)19-16(17(20)18-8-10-22-2)13-3-5-14(21)6-4-13/h3-7,9,11,18,21H,8,10H2,1-2H3. The van der Waals surface area contributed by atoms with Crippen molar-refractivity contribution in [3.63, 3.8) is 0 Å². The van der Waals surface area contributed by atoms with Gasteiger partial charge in [-0.15, -0.1) is 0 Å². The third-order valence-corrected chi connectivity index (χ3v) is 3.52. The van der Waals surface area contributed by atoms with E-state index in [2.05, 4.69) is 11.4 Å². The van der Waals surface area contributed by atoms with E-state index in [1.54, 1.807) is 19.2 Å². The van der Waals surface area contributed by atoms with Crippen LogP contribution in [0.5, 0.6) is 5.75 Å². The highest BCUT2D eigenvalue weighted by atomic mass is 16.5. The molecular weight excluding hydrogens is 278 g/mol. The van der Waals surface area contributed by atoms with Crippen LogP contribution in [0, 0.1) is 6.92 Å². The Balaban J connectivity index is 2.10. The zero-order valence-electron chi connectivity index (χ0n) is 12.7. The smallest absolute Gasteiger partial charge is 0.139 e. The van der Waals surface area contributed by atoms with Crippen molar-refractivity contribution < 1.29 is 9.84 Å². The molecule has 3 rings (SSSR count). The van der Waals surface area contributed by atoms with Crippen LogP contribution in [0.2, 0.25) is 0 Å². The Morgan fingerprint density at radius 1 is 1.23 bits per heavy atom. The number of aromatic nitrogens is 2. The van der Waals surface area contributed by atoms with Crippen LogP contribution in [0.1, 0.15) is 5.56 Å². The molecule has 0 fully saturated rings. The largest absolute Gasteiger partial charge is 0.508 e. The van der Waals surface area contributed by atoms with Gasteiger partial charge >= 0.3 is 0 Å². The summed E-state index contributed by atoms with van der Waals surface area (Å²) >= 11 is 0. The maximum absolute atomic E-state index is 9.46. The minimum absolute atomic E-state index is 0.247. The van der Waals surface area contributed by atoms with Gasteiger partial charge in [0.1, 0.15) is 22.9 Å². The molecule has 0 saturated heterocycles. The Hall–Kier alpha value is -2.53. The van der Waals surface area contributed by atoms with E-state index in [0.29, 0.717) is 13.2 Å². The van der Waals surface area contributed by atoms with Gasteiger partial charge in [-0.05, 0) is 48.9 Å². The van der Waals surface area contributed by atoms with Crippen molar-refractivity contribution in [2.75, 3.05) is 25.6 Å². The molecule has 22 heavy (non-hydrogen) atoms. The third kappa shape index (κ3) is 2.76. The molecule has 0 aliphatic carbocycles. The molecule has 0 aliphatic heterocycles. The number of nitrogens with one attached hydrogen (secondary N) is 1. The number of aromatic hydroxyl groups is 1. The van der Waals surface area contributed by atoms with Crippen LogP contribution in [0.15, 0.2) is 42.6 Å². The second-order valence-corrected chi connectivity index (χ2v) is 5.21. The monoisotopic (exact) mass is 297 g/mol. The van der Waals surface area contributed by atoms with Crippen molar-refractivity contribution >= 4 is 11.5 Å². The molecule has 0 amide bonds. The Bertz CT molecular complexity index is 778. The fourth-order valence-electron chi connectivity index (χ4n) is 2.41. The molecule has 0 spiro atoms. The van der Waals surface area contributed by atoms with Crippen LogP contribution >= 0.6 is 0 Å². The number of benzene rings is 1. The van der Waals surface area contributed by atoms with E-state index in [9.17, 15) is 5.11 Å². The van der Waals surface area contributed by atoms with Gasteiger partial charge in [0.15, 0.2) is 0 Å². The number of ether oxygens (including phenoxy) is 1. The number of phenols is 1. The topological polar surface area (TPSA) is 58.8 Å². The van der Waals surface area contributed by atoms with E-state index >= 15 is 0 Å². The second-order valence-electron chi connectivity index (χ2n) is 5.21. The molecule has 5 heteroatoms. The van der Waals surface area contributed by atoms with E-state index < -0.39 is 0 Å². The number of phenolic OH excluding ortho intramolecular Hbond substituents is 1. The van der Waals surface area contributed by atoms with E-state index in [-0.39, 0.29) is 5.75 Å². The normalized spacial score (nSPS) is 11.0. The Kier molecular flexibility index (Phi) is 3.98.